The van der Waals surface area contributed by atoms with Crippen molar-refractivity contribution in [3.63, 3.8) is 0 Å². The van der Waals surface area contributed by atoms with Crippen molar-refractivity contribution in [3.05, 3.63) is 0 Å². The van der Waals surface area contributed by atoms with Crippen molar-refractivity contribution in [2.45, 2.75) is 19.9 Å². The molecule has 86 valence electrons. The summed E-state index contributed by atoms with van der Waals surface area (Å²) in [6.45, 7) is 3.31. The van der Waals surface area contributed by atoms with Crippen LogP contribution in [0.25, 0.3) is 0 Å². The van der Waals surface area contributed by atoms with E-state index in [-0.39, 0.29) is 6.04 Å². The standard InChI is InChI=1S/C8H16N4O3/c1-5(2)12(8(15)11(3)4)7(14)10-6(9)13/h5H,1-4H3,(H3,9,10,13,14). The van der Waals surface area contributed by atoms with E-state index in [1.54, 1.807) is 13.8 Å². The number of hydrogen-bond donors (Lipinski definition) is 2. The molecule has 3 N–H and O–H groups in total. The van der Waals surface area contributed by atoms with E-state index in [0.29, 0.717) is 0 Å². The molecule has 0 spiro atoms. The Balaban J connectivity index is 4.74. The Labute approximate surface area is 88.2 Å². The molecule has 0 aliphatic carbocycles. The molecule has 15 heavy (non-hydrogen) atoms. The lowest BCUT2D eigenvalue weighted by Gasteiger charge is -2.27. The van der Waals surface area contributed by atoms with Gasteiger partial charge in [0, 0.05) is 20.1 Å². The maximum Gasteiger partial charge on any atom is 0.333 e. The number of hydrogen-bond acceptors (Lipinski definition) is 3. The van der Waals surface area contributed by atoms with Gasteiger partial charge in [0.05, 0.1) is 0 Å². The van der Waals surface area contributed by atoms with Crippen molar-refractivity contribution < 1.29 is 14.4 Å². The topological polar surface area (TPSA) is 95.7 Å². The minimum absolute atomic E-state index is 0.362. The fourth-order valence-corrected chi connectivity index (χ4v) is 0.923. The number of primary amides is 1. The van der Waals surface area contributed by atoms with Gasteiger partial charge in [-0.25, -0.2) is 19.3 Å². The Bertz CT molecular complexity index is 275. The highest BCUT2D eigenvalue weighted by Gasteiger charge is 2.26. The fraction of sp³-hybridized carbons (Fsp3) is 0.625. The summed E-state index contributed by atoms with van der Waals surface area (Å²) in [7, 11) is 3.02. The number of urea groups is 3. The normalized spacial score (nSPS) is 9.67. The lowest BCUT2D eigenvalue weighted by atomic mass is 10.3. The molecule has 6 amide bonds. The fourth-order valence-electron chi connectivity index (χ4n) is 0.923. The zero-order valence-electron chi connectivity index (χ0n) is 9.27. The molecule has 0 aliphatic heterocycles. The molecule has 0 unspecified atom stereocenters. The van der Waals surface area contributed by atoms with Crippen LogP contribution in [0.3, 0.4) is 0 Å². The van der Waals surface area contributed by atoms with Crippen LogP contribution in [0.4, 0.5) is 14.4 Å². The van der Waals surface area contributed by atoms with Gasteiger partial charge in [0.1, 0.15) is 0 Å². The van der Waals surface area contributed by atoms with Crippen molar-refractivity contribution in [2.75, 3.05) is 14.1 Å². The minimum atomic E-state index is -0.989. The molecule has 0 heterocycles. The minimum Gasteiger partial charge on any atom is -0.351 e. The first-order chi connectivity index (χ1) is 6.77. The second-order valence-electron chi connectivity index (χ2n) is 3.44. The van der Waals surface area contributed by atoms with Gasteiger partial charge >= 0.3 is 18.1 Å². The molecule has 0 radical (unpaired) electrons. The summed E-state index contributed by atoms with van der Waals surface area (Å²) >= 11 is 0. The molecular weight excluding hydrogens is 200 g/mol. The van der Waals surface area contributed by atoms with E-state index in [1.165, 1.54) is 19.0 Å². The molecule has 7 nitrogen and oxygen atoms in total. The van der Waals surface area contributed by atoms with Crippen LogP contribution < -0.4 is 11.1 Å². The van der Waals surface area contributed by atoms with Crippen LogP contribution in [0.1, 0.15) is 13.8 Å². The third-order valence-electron chi connectivity index (χ3n) is 1.55. The van der Waals surface area contributed by atoms with Gasteiger partial charge in [-0.05, 0) is 13.8 Å². The van der Waals surface area contributed by atoms with Crippen LogP contribution in [0.5, 0.6) is 0 Å². The van der Waals surface area contributed by atoms with Crippen molar-refractivity contribution >= 4 is 18.1 Å². The molecule has 0 rings (SSSR count). The highest BCUT2D eigenvalue weighted by Crippen LogP contribution is 2.02. The molecule has 7 heteroatoms. The quantitative estimate of drug-likeness (QED) is 0.653. The van der Waals surface area contributed by atoms with Crippen LogP contribution >= 0.6 is 0 Å². The van der Waals surface area contributed by atoms with E-state index in [2.05, 4.69) is 0 Å². The average molecular weight is 216 g/mol. The van der Waals surface area contributed by atoms with Crippen LogP contribution in [0.15, 0.2) is 0 Å². The van der Waals surface area contributed by atoms with Crippen molar-refractivity contribution in [1.29, 1.82) is 0 Å². The van der Waals surface area contributed by atoms with Gasteiger partial charge in [0.25, 0.3) is 0 Å². The molecule has 0 saturated heterocycles. The molecule has 0 aliphatic rings. The maximum absolute atomic E-state index is 11.5. The van der Waals surface area contributed by atoms with Gasteiger partial charge in [-0.2, -0.15) is 0 Å². The lowest BCUT2D eigenvalue weighted by molar-refractivity contribution is 0.158. The second-order valence-corrected chi connectivity index (χ2v) is 3.44. The molecule has 0 aromatic carbocycles. The molecule has 0 aromatic heterocycles. The predicted molar refractivity (Wildman–Crippen MR) is 54.2 cm³/mol. The van der Waals surface area contributed by atoms with E-state index < -0.39 is 18.1 Å². The zero-order valence-corrected chi connectivity index (χ0v) is 9.27. The first-order valence-corrected chi connectivity index (χ1v) is 4.38. The van der Waals surface area contributed by atoms with Gasteiger partial charge < -0.3 is 10.6 Å². The first kappa shape index (κ1) is 13.2. The maximum atomic E-state index is 11.5. The summed E-state index contributed by atoms with van der Waals surface area (Å²) in [5.41, 5.74) is 4.79. The number of imide groups is 2. The van der Waals surface area contributed by atoms with Crippen molar-refractivity contribution in [2.24, 2.45) is 5.73 Å². The molecule has 0 saturated carbocycles. The Kier molecular flexibility index (Phi) is 4.56. The third-order valence-corrected chi connectivity index (χ3v) is 1.55. The SMILES string of the molecule is CC(C)N(C(=O)NC(N)=O)C(=O)N(C)C. The Morgan fingerprint density at radius 1 is 1.20 bits per heavy atom. The van der Waals surface area contributed by atoms with E-state index in [4.69, 9.17) is 5.73 Å². The van der Waals surface area contributed by atoms with Gasteiger partial charge in [-0.3, -0.25) is 5.32 Å². The Morgan fingerprint density at radius 2 is 1.67 bits per heavy atom. The van der Waals surface area contributed by atoms with E-state index >= 15 is 0 Å². The smallest absolute Gasteiger partial charge is 0.333 e. The van der Waals surface area contributed by atoms with Gasteiger partial charge in [-0.1, -0.05) is 0 Å². The molecular formula is C8H16N4O3. The van der Waals surface area contributed by atoms with Gasteiger partial charge in [0.2, 0.25) is 0 Å². The zero-order chi connectivity index (χ0) is 12.2. The number of rotatable bonds is 1. The number of nitrogens with two attached hydrogens (primary N) is 1. The number of carbonyl (C=O) groups excluding carboxylic acids is 3. The molecule has 0 atom stereocenters. The van der Waals surface area contributed by atoms with Crippen LogP contribution in [-0.2, 0) is 0 Å². The lowest BCUT2D eigenvalue weighted by Crippen LogP contribution is -2.53. The predicted octanol–water partition coefficient (Wildman–Crippen LogP) is 0.167. The highest BCUT2D eigenvalue weighted by atomic mass is 16.2. The third kappa shape index (κ3) is 3.84. The highest BCUT2D eigenvalue weighted by molar-refractivity contribution is 6.00. The van der Waals surface area contributed by atoms with E-state index in [0.717, 1.165) is 4.90 Å². The number of amides is 6. The van der Waals surface area contributed by atoms with Gasteiger partial charge in [-0.15, -0.1) is 0 Å². The van der Waals surface area contributed by atoms with Crippen LogP contribution in [-0.4, -0.2) is 48.0 Å². The molecule has 0 fully saturated rings. The van der Waals surface area contributed by atoms with Crippen LogP contribution in [0, 0.1) is 0 Å². The number of nitrogens with zero attached hydrogens (tertiary/aromatic N) is 2. The monoisotopic (exact) mass is 216 g/mol. The molecule has 0 bridgehead atoms. The number of nitrogens with one attached hydrogen (secondary N) is 1. The van der Waals surface area contributed by atoms with E-state index in [9.17, 15) is 14.4 Å². The summed E-state index contributed by atoms with van der Waals surface area (Å²) in [6.07, 6.45) is 0. The Hall–Kier alpha value is -1.79. The summed E-state index contributed by atoms with van der Waals surface area (Å²) in [5.74, 6) is 0. The second kappa shape index (κ2) is 5.18. The average Bonchev–Trinajstić information content (AvgIpc) is 2.01. The van der Waals surface area contributed by atoms with Crippen molar-refractivity contribution in [1.82, 2.24) is 15.1 Å². The summed E-state index contributed by atoms with van der Waals surface area (Å²) < 4.78 is 0. The Morgan fingerprint density at radius 3 is 1.93 bits per heavy atom. The van der Waals surface area contributed by atoms with Crippen LogP contribution in [0.2, 0.25) is 0 Å². The summed E-state index contributed by atoms with van der Waals surface area (Å²) in [5, 5.41) is 1.84. The van der Waals surface area contributed by atoms with Gasteiger partial charge in [0.15, 0.2) is 0 Å². The molecule has 0 aromatic rings. The number of carbonyl (C=O) groups is 3. The largest absolute Gasteiger partial charge is 0.351 e. The summed E-state index contributed by atoms with van der Waals surface area (Å²) in [6, 6.07) is -2.68. The van der Waals surface area contributed by atoms with E-state index in [1.807, 2.05) is 5.32 Å². The summed E-state index contributed by atoms with van der Waals surface area (Å²) in [4.78, 5) is 35.6. The van der Waals surface area contributed by atoms with Crippen molar-refractivity contribution in [3.8, 4) is 0 Å². The first-order valence-electron chi connectivity index (χ1n) is 4.38.